The van der Waals surface area contributed by atoms with Crippen molar-refractivity contribution in [3.05, 3.63) is 40.9 Å². The number of hydrogen-bond donors (Lipinski definition) is 0. The largest absolute Gasteiger partial charge is 0.344 e. The van der Waals surface area contributed by atoms with Crippen LogP contribution in [0.3, 0.4) is 0 Å². The van der Waals surface area contributed by atoms with Crippen molar-refractivity contribution in [3.63, 3.8) is 0 Å². The first kappa shape index (κ1) is 12.6. The van der Waals surface area contributed by atoms with Crippen LogP contribution in [0.4, 0.5) is 5.13 Å². The Morgan fingerprint density at radius 2 is 1.79 bits per heavy atom. The lowest BCUT2D eigenvalue weighted by Crippen LogP contribution is -2.45. The molecule has 1 fully saturated rings. The van der Waals surface area contributed by atoms with Crippen molar-refractivity contribution < 1.29 is 0 Å². The SMILES string of the molecule is Cc1nnc(N2CCN(Cc3ccccc3)CC2)s1. The Morgan fingerprint density at radius 3 is 2.42 bits per heavy atom. The Hall–Kier alpha value is -1.46. The van der Waals surface area contributed by atoms with Crippen LogP contribution in [0.5, 0.6) is 0 Å². The molecule has 0 unspecified atom stereocenters. The summed E-state index contributed by atoms with van der Waals surface area (Å²) in [5, 5.41) is 10.4. The number of benzene rings is 1. The summed E-state index contributed by atoms with van der Waals surface area (Å²) in [4.78, 5) is 4.84. The average molecular weight is 274 g/mol. The second-order valence-corrected chi connectivity index (χ2v) is 6.01. The number of hydrogen-bond acceptors (Lipinski definition) is 5. The molecule has 19 heavy (non-hydrogen) atoms. The van der Waals surface area contributed by atoms with Crippen molar-refractivity contribution in [2.75, 3.05) is 31.1 Å². The Bertz CT molecular complexity index is 517. The summed E-state index contributed by atoms with van der Waals surface area (Å²) < 4.78 is 0. The minimum absolute atomic E-state index is 1.04. The number of anilines is 1. The summed E-state index contributed by atoms with van der Waals surface area (Å²) in [6.07, 6.45) is 0. The summed E-state index contributed by atoms with van der Waals surface area (Å²) in [6, 6.07) is 10.7. The maximum Gasteiger partial charge on any atom is 0.208 e. The highest BCUT2D eigenvalue weighted by atomic mass is 32.1. The quantitative estimate of drug-likeness (QED) is 0.858. The molecule has 1 aliphatic heterocycles. The van der Waals surface area contributed by atoms with Crippen LogP contribution in [0.2, 0.25) is 0 Å². The van der Waals surface area contributed by atoms with E-state index in [1.54, 1.807) is 11.3 Å². The van der Waals surface area contributed by atoms with E-state index in [2.05, 4.69) is 50.3 Å². The summed E-state index contributed by atoms with van der Waals surface area (Å²) in [7, 11) is 0. The standard InChI is InChI=1S/C14H18N4S/c1-12-15-16-14(19-12)18-9-7-17(8-10-18)11-13-5-3-2-4-6-13/h2-6H,7-11H2,1H3. The van der Waals surface area contributed by atoms with Crippen molar-refractivity contribution in [1.29, 1.82) is 0 Å². The molecule has 0 amide bonds. The molecule has 4 nitrogen and oxygen atoms in total. The van der Waals surface area contributed by atoms with Crippen LogP contribution >= 0.6 is 11.3 Å². The van der Waals surface area contributed by atoms with Gasteiger partial charge in [0.2, 0.25) is 5.13 Å². The van der Waals surface area contributed by atoms with Crippen LogP contribution in [-0.2, 0) is 6.54 Å². The van der Waals surface area contributed by atoms with Gasteiger partial charge in [-0.3, -0.25) is 4.90 Å². The zero-order chi connectivity index (χ0) is 13.1. The fraction of sp³-hybridized carbons (Fsp3) is 0.429. The van der Waals surface area contributed by atoms with Crippen LogP contribution < -0.4 is 4.90 Å². The van der Waals surface area contributed by atoms with Crippen LogP contribution in [0, 0.1) is 6.92 Å². The lowest BCUT2D eigenvalue weighted by atomic mass is 10.2. The molecule has 0 bridgehead atoms. The fourth-order valence-electron chi connectivity index (χ4n) is 2.35. The van der Waals surface area contributed by atoms with E-state index in [0.29, 0.717) is 0 Å². The Kier molecular flexibility index (Phi) is 3.75. The van der Waals surface area contributed by atoms with Gasteiger partial charge in [-0.2, -0.15) is 0 Å². The van der Waals surface area contributed by atoms with Gasteiger partial charge in [-0.15, -0.1) is 10.2 Å². The molecule has 3 rings (SSSR count). The molecular formula is C14H18N4S. The second-order valence-electron chi connectivity index (χ2n) is 4.85. The predicted octanol–water partition coefficient (Wildman–Crippen LogP) is 2.17. The van der Waals surface area contributed by atoms with Crippen LogP contribution in [0.15, 0.2) is 30.3 Å². The van der Waals surface area contributed by atoms with Gasteiger partial charge in [0.1, 0.15) is 5.01 Å². The molecule has 1 aliphatic rings. The van der Waals surface area contributed by atoms with E-state index in [4.69, 9.17) is 0 Å². The number of aromatic nitrogens is 2. The number of aryl methyl sites for hydroxylation is 1. The smallest absolute Gasteiger partial charge is 0.208 e. The zero-order valence-corrected chi connectivity index (χ0v) is 11.9. The Balaban J connectivity index is 1.55. The number of nitrogens with zero attached hydrogens (tertiary/aromatic N) is 4. The minimum atomic E-state index is 1.04. The molecule has 100 valence electrons. The van der Waals surface area contributed by atoms with Crippen molar-refractivity contribution >= 4 is 16.5 Å². The first-order valence-corrected chi connectivity index (χ1v) is 7.44. The topological polar surface area (TPSA) is 32.3 Å². The molecule has 0 aliphatic carbocycles. The first-order chi connectivity index (χ1) is 9.31. The predicted molar refractivity (Wildman–Crippen MR) is 78.6 cm³/mol. The van der Waals surface area contributed by atoms with Gasteiger partial charge in [-0.1, -0.05) is 41.7 Å². The normalized spacial score (nSPS) is 16.8. The van der Waals surface area contributed by atoms with E-state index < -0.39 is 0 Å². The molecule has 1 aromatic carbocycles. The lowest BCUT2D eigenvalue weighted by molar-refractivity contribution is 0.249. The van der Waals surface area contributed by atoms with E-state index in [-0.39, 0.29) is 0 Å². The third-order valence-electron chi connectivity index (χ3n) is 3.41. The maximum atomic E-state index is 4.22. The summed E-state index contributed by atoms with van der Waals surface area (Å²) in [6.45, 7) is 7.32. The Labute approximate surface area is 117 Å². The highest BCUT2D eigenvalue weighted by Crippen LogP contribution is 2.21. The van der Waals surface area contributed by atoms with Gasteiger partial charge in [0.15, 0.2) is 0 Å². The van der Waals surface area contributed by atoms with Crippen molar-refractivity contribution in [2.24, 2.45) is 0 Å². The molecular weight excluding hydrogens is 256 g/mol. The zero-order valence-electron chi connectivity index (χ0n) is 11.1. The van der Waals surface area contributed by atoms with Gasteiger partial charge >= 0.3 is 0 Å². The summed E-state index contributed by atoms with van der Waals surface area (Å²) >= 11 is 1.68. The van der Waals surface area contributed by atoms with Gasteiger partial charge in [0, 0.05) is 32.7 Å². The molecule has 0 spiro atoms. The monoisotopic (exact) mass is 274 g/mol. The van der Waals surface area contributed by atoms with Gasteiger partial charge in [-0.25, -0.2) is 0 Å². The average Bonchev–Trinajstić information content (AvgIpc) is 2.87. The van der Waals surface area contributed by atoms with Crippen molar-refractivity contribution in [1.82, 2.24) is 15.1 Å². The second kappa shape index (κ2) is 5.67. The maximum absolute atomic E-state index is 4.22. The van der Waals surface area contributed by atoms with Crippen LogP contribution in [0.1, 0.15) is 10.6 Å². The molecule has 1 saturated heterocycles. The number of rotatable bonds is 3. The highest BCUT2D eigenvalue weighted by Gasteiger charge is 2.19. The van der Waals surface area contributed by atoms with Crippen LogP contribution in [0.25, 0.3) is 0 Å². The van der Waals surface area contributed by atoms with E-state index in [1.807, 2.05) is 6.92 Å². The first-order valence-electron chi connectivity index (χ1n) is 6.62. The van der Waals surface area contributed by atoms with Gasteiger partial charge in [0.05, 0.1) is 0 Å². The third-order valence-corrected chi connectivity index (χ3v) is 4.31. The van der Waals surface area contributed by atoms with E-state index in [1.165, 1.54) is 5.56 Å². The lowest BCUT2D eigenvalue weighted by Gasteiger charge is -2.34. The molecule has 0 radical (unpaired) electrons. The summed E-state index contributed by atoms with van der Waals surface area (Å²) in [5.41, 5.74) is 1.39. The molecule has 1 aromatic heterocycles. The number of piperazine rings is 1. The van der Waals surface area contributed by atoms with Gasteiger partial charge < -0.3 is 4.90 Å². The fourth-order valence-corrected chi connectivity index (χ4v) is 3.09. The van der Waals surface area contributed by atoms with Gasteiger partial charge in [0.25, 0.3) is 0 Å². The van der Waals surface area contributed by atoms with E-state index in [0.717, 1.165) is 42.9 Å². The highest BCUT2D eigenvalue weighted by molar-refractivity contribution is 7.15. The molecule has 2 aromatic rings. The van der Waals surface area contributed by atoms with Gasteiger partial charge in [-0.05, 0) is 12.5 Å². The van der Waals surface area contributed by atoms with E-state index >= 15 is 0 Å². The summed E-state index contributed by atoms with van der Waals surface area (Å²) in [5.74, 6) is 0. The molecule has 0 N–H and O–H groups in total. The molecule has 0 saturated carbocycles. The molecule has 2 heterocycles. The van der Waals surface area contributed by atoms with Crippen molar-refractivity contribution in [3.8, 4) is 0 Å². The molecule has 5 heteroatoms. The Morgan fingerprint density at radius 1 is 1.05 bits per heavy atom. The minimum Gasteiger partial charge on any atom is -0.344 e. The van der Waals surface area contributed by atoms with Crippen LogP contribution in [-0.4, -0.2) is 41.3 Å². The van der Waals surface area contributed by atoms with E-state index in [9.17, 15) is 0 Å². The molecule has 0 atom stereocenters. The third kappa shape index (κ3) is 3.11. The van der Waals surface area contributed by atoms with Crippen molar-refractivity contribution in [2.45, 2.75) is 13.5 Å².